The van der Waals surface area contributed by atoms with Crippen molar-refractivity contribution in [2.24, 2.45) is 0 Å². The highest BCUT2D eigenvalue weighted by Crippen LogP contribution is 2.31. The molecule has 1 aliphatic heterocycles. The van der Waals surface area contributed by atoms with E-state index in [0.717, 1.165) is 5.56 Å². The second-order valence-electron chi connectivity index (χ2n) is 7.97. The predicted octanol–water partition coefficient (Wildman–Crippen LogP) is 2.77. The summed E-state index contributed by atoms with van der Waals surface area (Å²) in [5.41, 5.74) is 0.443. The fourth-order valence-corrected chi connectivity index (χ4v) is 3.78. The maximum atomic E-state index is 12.6. The number of hydrogen-bond donors (Lipinski definition) is 2. The molecule has 1 aliphatic rings. The lowest BCUT2D eigenvalue weighted by Gasteiger charge is -2.16. The van der Waals surface area contributed by atoms with Gasteiger partial charge in [-0.2, -0.15) is 4.98 Å². The third-order valence-corrected chi connectivity index (χ3v) is 5.58. The molecule has 0 aliphatic carbocycles. The van der Waals surface area contributed by atoms with Gasteiger partial charge in [-0.15, -0.1) is 0 Å². The Balaban J connectivity index is 1.36. The quantitative estimate of drug-likeness (QED) is 0.336. The zero-order valence-corrected chi connectivity index (χ0v) is 19.1. The van der Waals surface area contributed by atoms with E-state index in [9.17, 15) is 24.8 Å². The fourth-order valence-electron chi connectivity index (χ4n) is 3.78. The molecule has 1 saturated heterocycles. The smallest absolute Gasteiger partial charge is 0.413 e. The Labute approximate surface area is 205 Å². The number of para-hydroxylation sites is 1. The topological polar surface area (TPSA) is 155 Å². The number of nitrogens with one attached hydrogen (secondary N) is 1. The van der Waals surface area contributed by atoms with Crippen molar-refractivity contribution in [3.8, 4) is 0 Å². The molecule has 188 valence electrons. The van der Waals surface area contributed by atoms with Gasteiger partial charge in [0.05, 0.1) is 29.8 Å². The van der Waals surface area contributed by atoms with Gasteiger partial charge in [0.1, 0.15) is 24.8 Å². The number of aliphatic hydroxyl groups is 1. The van der Waals surface area contributed by atoms with Crippen molar-refractivity contribution in [1.82, 2.24) is 9.55 Å². The summed E-state index contributed by atoms with van der Waals surface area (Å²) in [5, 5.41) is 23.3. The highest BCUT2D eigenvalue weighted by Gasteiger charge is 2.37. The van der Waals surface area contributed by atoms with Crippen molar-refractivity contribution >= 4 is 17.6 Å². The first kappa shape index (κ1) is 25.0. The standard InChI is InChI=1S/C24H24N4O8/c29-13-20-19(34-15-17-8-4-5-9-18(17)28(32)33)12-22(36-20)27-11-10-21(25-23(27)30)26-24(31)35-14-16-6-2-1-3-7-16/h1-11,19-20,22,29H,12-15H2,(H,25,26,30,31)/t19-,20+,22+/m0/s1. The molecule has 0 radical (unpaired) electrons. The number of rotatable bonds is 9. The Morgan fingerprint density at radius 3 is 2.64 bits per heavy atom. The number of benzene rings is 2. The normalized spacial score (nSPS) is 19.1. The molecule has 12 heteroatoms. The van der Waals surface area contributed by atoms with Crippen LogP contribution in [0.25, 0.3) is 0 Å². The van der Waals surface area contributed by atoms with Crippen LogP contribution in [0.2, 0.25) is 0 Å². The number of nitro groups is 1. The van der Waals surface area contributed by atoms with Crippen molar-refractivity contribution in [2.75, 3.05) is 11.9 Å². The highest BCUT2D eigenvalue weighted by atomic mass is 16.6. The number of amides is 1. The molecule has 0 bridgehead atoms. The molecule has 2 heterocycles. The van der Waals surface area contributed by atoms with Crippen molar-refractivity contribution in [3.05, 3.63) is 98.6 Å². The maximum Gasteiger partial charge on any atom is 0.413 e. The number of hydrogen-bond acceptors (Lipinski definition) is 9. The number of aliphatic hydroxyl groups excluding tert-OH is 1. The van der Waals surface area contributed by atoms with Gasteiger partial charge in [-0.1, -0.05) is 42.5 Å². The molecule has 3 aromatic rings. The third-order valence-electron chi connectivity index (χ3n) is 5.58. The number of anilines is 1. The van der Waals surface area contributed by atoms with Gasteiger partial charge >= 0.3 is 11.8 Å². The summed E-state index contributed by atoms with van der Waals surface area (Å²) < 4.78 is 17.9. The van der Waals surface area contributed by atoms with Crippen molar-refractivity contribution in [2.45, 2.75) is 38.1 Å². The molecule has 0 unspecified atom stereocenters. The maximum absolute atomic E-state index is 12.6. The Bertz CT molecular complexity index is 1270. The molecular formula is C24H24N4O8. The summed E-state index contributed by atoms with van der Waals surface area (Å²) in [5.74, 6) is 0.00945. The summed E-state index contributed by atoms with van der Waals surface area (Å²) in [4.78, 5) is 39.2. The van der Waals surface area contributed by atoms with Crippen molar-refractivity contribution in [3.63, 3.8) is 0 Å². The van der Waals surface area contributed by atoms with Crippen LogP contribution in [0.5, 0.6) is 0 Å². The van der Waals surface area contributed by atoms with Gasteiger partial charge in [-0.3, -0.25) is 20.0 Å². The molecule has 2 aromatic carbocycles. The molecule has 1 fully saturated rings. The third kappa shape index (κ3) is 6.10. The van der Waals surface area contributed by atoms with E-state index < -0.39 is 35.1 Å². The zero-order valence-electron chi connectivity index (χ0n) is 19.1. The number of nitrogens with zero attached hydrogens (tertiary/aromatic N) is 3. The van der Waals surface area contributed by atoms with E-state index in [-0.39, 0.29) is 37.7 Å². The van der Waals surface area contributed by atoms with Crippen LogP contribution < -0.4 is 11.0 Å². The Morgan fingerprint density at radius 2 is 1.92 bits per heavy atom. The Kier molecular flexibility index (Phi) is 8.00. The van der Waals surface area contributed by atoms with E-state index in [4.69, 9.17) is 14.2 Å². The van der Waals surface area contributed by atoms with Crippen LogP contribution >= 0.6 is 0 Å². The van der Waals surface area contributed by atoms with Gasteiger partial charge in [0.25, 0.3) is 5.69 Å². The van der Waals surface area contributed by atoms with Gasteiger partial charge in [0.15, 0.2) is 0 Å². The molecule has 12 nitrogen and oxygen atoms in total. The van der Waals surface area contributed by atoms with Crippen LogP contribution in [0.15, 0.2) is 71.7 Å². The Hall–Kier alpha value is -4.13. The first-order valence-corrected chi connectivity index (χ1v) is 11.1. The van der Waals surface area contributed by atoms with Gasteiger partial charge in [-0.05, 0) is 17.7 Å². The summed E-state index contributed by atoms with van der Waals surface area (Å²) in [6, 6.07) is 16.7. The van der Waals surface area contributed by atoms with Crippen LogP contribution in [0.4, 0.5) is 16.3 Å². The van der Waals surface area contributed by atoms with Crippen LogP contribution in [-0.2, 0) is 27.4 Å². The fraction of sp³-hybridized carbons (Fsp3) is 0.292. The second kappa shape index (κ2) is 11.5. The lowest BCUT2D eigenvalue weighted by Crippen LogP contribution is -2.29. The number of aromatic nitrogens is 2. The number of carbonyl (C=O) groups excluding carboxylic acids is 1. The lowest BCUT2D eigenvalue weighted by molar-refractivity contribution is -0.386. The van der Waals surface area contributed by atoms with Crippen molar-refractivity contribution < 1.29 is 29.0 Å². The minimum absolute atomic E-state index is 0.00945. The molecule has 0 spiro atoms. The molecule has 4 rings (SSSR count). The molecule has 36 heavy (non-hydrogen) atoms. The van der Waals surface area contributed by atoms with E-state index >= 15 is 0 Å². The summed E-state index contributed by atoms with van der Waals surface area (Å²) in [6.45, 7) is -0.363. The van der Waals surface area contributed by atoms with Crippen molar-refractivity contribution in [1.29, 1.82) is 0 Å². The second-order valence-corrected chi connectivity index (χ2v) is 7.97. The average molecular weight is 496 g/mol. The number of ether oxygens (including phenoxy) is 3. The zero-order chi connectivity index (χ0) is 25.5. The minimum Gasteiger partial charge on any atom is -0.444 e. The van der Waals surface area contributed by atoms with Gasteiger partial charge < -0.3 is 19.3 Å². The SMILES string of the molecule is O=C(Nc1ccn([C@H]2C[C@H](OCc3ccccc3[N+](=O)[O-])[C@@H](CO)O2)c(=O)n1)OCc1ccccc1. The van der Waals surface area contributed by atoms with E-state index in [2.05, 4.69) is 10.3 Å². The average Bonchev–Trinajstić information content (AvgIpc) is 3.30. The molecular weight excluding hydrogens is 472 g/mol. The predicted molar refractivity (Wildman–Crippen MR) is 126 cm³/mol. The highest BCUT2D eigenvalue weighted by molar-refractivity contribution is 5.83. The molecule has 1 aromatic heterocycles. The number of nitro benzene ring substituents is 1. The van der Waals surface area contributed by atoms with Gasteiger partial charge in [0, 0.05) is 18.7 Å². The number of carbonyl (C=O) groups is 1. The minimum atomic E-state index is -0.781. The van der Waals surface area contributed by atoms with Gasteiger partial charge in [0.2, 0.25) is 0 Å². The molecule has 0 saturated carbocycles. The lowest BCUT2D eigenvalue weighted by atomic mass is 10.1. The van der Waals surface area contributed by atoms with E-state index in [0.29, 0.717) is 5.56 Å². The van der Waals surface area contributed by atoms with Crippen LogP contribution in [0.3, 0.4) is 0 Å². The monoisotopic (exact) mass is 496 g/mol. The van der Waals surface area contributed by atoms with E-state index in [1.807, 2.05) is 30.3 Å². The molecule has 3 atom stereocenters. The molecule has 2 N–H and O–H groups in total. The van der Waals surface area contributed by atoms with Crippen LogP contribution in [0.1, 0.15) is 23.8 Å². The van der Waals surface area contributed by atoms with Gasteiger partial charge in [-0.25, -0.2) is 9.59 Å². The molecule has 1 amide bonds. The van der Waals surface area contributed by atoms with E-state index in [1.54, 1.807) is 18.2 Å². The summed E-state index contributed by atoms with van der Waals surface area (Å²) in [7, 11) is 0. The van der Waals surface area contributed by atoms with Crippen LogP contribution in [0, 0.1) is 10.1 Å². The largest absolute Gasteiger partial charge is 0.444 e. The summed E-state index contributed by atoms with van der Waals surface area (Å²) in [6.07, 6.45) is -1.28. The Morgan fingerprint density at radius 1 is 1.17 bits per heavy atom. The first-order chi connectivity index (χ1) is 17.4. The summed E-state index contributed by atoms with van der Waals surface area (Å²) >= 11 is 0. The van der Waals surface area contributed by atoms with Crippen LogP contribution in [-0.4, -0.2) is 44.5 Å². The van der Waals surface area contributed by atoms with E-state index in [1.165, 1.54) is 22.9 Å². The first-order valence-electron chi connectivity index (χ1n) is 11.1.